The number of carbonyl (C=O) groups is 1. The number of nitrogens with one attached hydrogen (secondary N) is 1. The van der Waals surface area contributed by atoms with Gasteiger partial charge in [-0.3, -0.25) is 4.79 Å². The monoisotopic (exact) mass is 239 g/mol. The Morgan fingerprint density at radius 3 is 2.47 bits per heavy atom. The summed E-state index contributed by atoms with van der Waals surface area (Å²) < 4.78 is 0. The van der Waals surface area contributed by atoms with Crippen molar-refractivity contribution in [3.8, 4) is 6.07 Å². The van der Waals surface area contributed by atoms with E-state index < -0.39 is 5.41 Å². The fourth-order valence-corrected chi connectivity index (χ4v) is 1.62. The number of hydrogen-bond acceptors (Lipinski definition) is 3. The molecule has 0 aromatic heterocycles. The summed E-state index contributed by atoms with van der Waals surface area (Å²) in [5.41, 5.74) is 5.14. The highest BCUT2D eigenvalue weighted by Gasteiger charge is 2.19. The van der Waals surface area contributed by atoms with Crippen LogP contribution in [0.25, 0.3) is 0 Å². The zero-order valence-corrected chi connectivity index (χ0v) is 11.4. The highest BCUT2D eigenvalue weighted by Crippen LogP contribution is 2.15. The molecule has 0 aliphatic carbocycles. The van der Waals surface area contributed by atoms with E-state index in [0.717, 1.165) is 6.42 Å². The average molecular weight is 239 g/mol. The van der Waals surface area contributed by atoms with Crippen LogP contribution in [0.5, 0.6) is 0 Å². The third kappa shape index (κ3) is 7.76. The van der Waals surface area contributed by atoms with Crippen LogP contribution in [0, 0.1) is 28.6 Å². The lowest BCUT2D eigenvalue weighted by Crippen LogP contribution is -2.35. The lowest BCUT2D eigenvalue weighted by Gasteiger charge is -2.19. The number of nitriles is 1. The van der Waals surface area contributed by atoms with Crippen LogP contribution in [0.4, 0.5) is 0 Å². The number of amides is 1. The molecule has 3 N–H and O–H groups in total. The Hall–Kier alpha value is -1.08. The van der Waals surface area contributed by atoms with Crippen molar-refractivity contribution < 1.29 is 4.79 Å². The van der Waals surface area contributed by atoms with E-state index in [1.165, 1.54) is 0 Å². The van der Waals surface area contributed by atoms with Crippen molar-refractivity contribution in [2.45, 2.75) is 40.5 Å². The first-order valence-electron chi connectivity index (χ1n) is 6.18. The molecule has 98 valence electrons. The van der Waals surface area contributed by atoms with E-state index in [1.807, 2.05) is 13.8 Å². The second kappa shape index (κ2) is 7.29. The molecule has 0 radical (unpaired) electrons. The fraction of sp³-hybridized carbons (Fsp3) is 0.846. The first-order chi connectivity index (χ1) is 7.80. The minimum atomic E-state index is -0.508. The largest absolute Gasteiger partial charge is 0.355 e. The van der Waals surface area contributed by atoms with E-state index in [9.17, 15) is 4.79 Å². The predicted octanol–water partition coefficient (Wildman–Crippen LogP) is 1.66. The summed E-state index contributed by atoms with van der Waals surface area (Å²) in [5.74, 6) is 0.775. The number of nitrogens with two attached hydrogens (primary N) is 1. The SMILES string of the molecule is CC(C)C[C@H](CN)CC(=O)NCC(C)(C)C#N. The van der Waals surface area contributed by atoms with Gasteiger partial charge in [-0.1, -0.05) is 13.8 Å². The van der Waals surface area contributed by atoms with Crippen molar-refractivity contribution in [2.75, 3.05) is 13.1 Å². The fourth-order valence-electron chi connectivity index (χ4n) is 1.62. The van der Waals surface area contributed by atoms with Gasteiger partial charge in [0.05, 0.1) is 11.5 Å². The van der Waals surface area contributed by atoms with Gasteiger partial charge in [0.25, 0.3) is 0 Å². The molecular formula is C13H25N3O. The Labute approximate surface area is 105 Å². The van der Waals surface area contributed by atoms with Crippen molar-refractivity contribution in [3.63, 3.8) is 0 Å². The van der Waals surface area contributed by atoms with Gasteiger partial charge in [-0.15, -0.1) is 0 Å². The molecule has 0 aromatic carbocycles. The number of hydrogen-bond donors (Lipinski definition) is 2. The summed E-state index contributed by atoms with van der Waals surface area (Å²) in [6.07, 6.45) is 1.42. The first-order valence-corrected chi connectivity index (χ1v) is 6.18. The summed E-state index contributed by atoms with van der Waals surface area (Å²) in [6.45, 7) is 8.79. The van der Waals surface area contributed by atoms with Crippen LogP contribution in [0.2, 0.25) is 0 Å². The predicted molar refractivity (Wildman–Crippen MR) is 69.0 cm³/mol. The van der Waals surface area contributed by atoms with Gasteiger partial charge in [-0.25, -0.2) is 0 Å². The quantitative estimate of drug-likeness (QED) is 0.709. The van der Waals surface area contributed by atoms with E-state index in [2.05, 4.69) is 25.2 Å². The average Bonchev–Trinajstić information content (AvgIpc) is 2.25. The van der Waals surface area contributed by atoms with Crippen molar-refractivity contribution in [3.05, 3.63) is 0 Å². The van der Waals surface area contributed by atoms with Crippen molar-refractivity contribution in [1.29, 1.82) is 5.26 Å². The molecule has 1 atom stereocenters. The van der Waals surface area contributed by atoms with Gasteiger partial charge >= 0.3 is 0 Å². The van der Waals surface area contributed by atoms with Crippen LogP contribution in [-0.4, -0.2) is 19.0 Å². The first kappa shape index (κ1) is 15.9. The molecule has 0 fully saturated rings. The van der Waals surface area contributed by atoms with Gasteiger partial charge in [-0.2, -0.15) is 5.26 Å². The summed E-state index contributed by atoms with van der Waals surface area (Å²) in [7, 11) is 0. The van der Waals surface area contributed by atoms with Gasteiger partial charge in [0.2, 0.25) is 5.91 Å². The highest BCUT2D eigenvalue weighted by molar-refractivity contribution is 5.76. The zero-order valence-electron chi connectivity index (χ0n) is 11.4. The standard InChI is InChI=1S/C13H25N3O/c1-10(2)5-11(7-14)6-12(17)16-9-13(3,4)8-15/h10-11H,5-7,9,14H2,1-4H3,(H,16,17)/t11-/m0/s1. The van der Waals surface area contributed by atoms with Crippen molar-refractivity contribution in [2.24, 2.45) is 23.0 Å². The minimum Gasteiger partial charge on any atom is -0.355 e. The molecule has 0 aliphatic heterocycles. The Morgan fingerprint density at radius 2 is 2.06 bits per heavy atom. The van der Waals surface area contributed by atoms with Crippen LogP contribution >= 0.6 is 0 Å². The Kier molecular flexibility index (Phi) is 6.82. The smallest absolute Gasteiger partial charge is 0.220 e. The van der Waals surface area contributed by atoms with Gasteiger partial charge in [-0.05, 0) is 38.6 Å². The molecule has 17 heavy (non-hydrogen) atoms. The maximum atomic E-state index is 11.7. The Bertz CT molecular complexity index is 279. The minimum absolute atomic E-state index is 0.00979. The van der Waals surface area contributed by atoms with E-state index in [1.54, 1.807) is 0 Å². The topological polar surface area (TPSA) is 78.9 Å². The lowest BCUT2D eigenvalue weighted by atomic mass is 9.93. The molecule has 0 bridgehead atoms. The molecular weight excluding hydrogens is 214 g/mol. The molecule has 0 heterocycles. The van der Waals surface area contributed by atoms with Gasteiger partial charge in [0.1, 0.15) is 0 Å². The molecule has 0 spiro atoms. The molecule has 1 amide bonds. The Morgan fingerprint density at radius 1 is 1.47 bits per heavy atom. The maximum Gasteiger partial charge on any atom is 0.220 e. The van der Waals surface area contributed by atoms with Crippen molar-refractivity contribution >= 4 is 5.91 Å². The number of nitrogens with zero attached hydrogens (tertiary/aromatic N) is 1. The van der Waals surface area contributed by atoms with Crippen LogP contribution in [0.1, 0.15) is 40.5 Å². The highest BCUT2D eigenvalue weighted by atomic mass is 16.1. The second-order valence-corrected chi connectivity index (χ2v) is 5.71. The van der Waals surface area contributed by atoms with Crippen LogP contribution in [-0.2, 0) is 4.79 Å². The summed E-state index contributed by atoms with van der Waals surface area (Å²) in [5, 5.41) is 11.6. The normalized spacial score (nSPS) is 13.2. The van der Waals surface area contributed by atoms with Gasteiger partial charge in [0, 0.05) is 13.0 Å². The summed E-state index contributed by atoms with van der Waals surface area (Å²) in [6, 6.07) is 2.16. The zero-order chi connectivity index (χ0) is 13.5. The second-order valence-electron chi connectivity index (χ2n) is 5.71. The van der Waals surface area contributed by atoms with E-state index >= 15 is 0 Å². The van der Waals surface area contributed by atoms with Gasteiger partial charge < -0.3 is 11.1 Å². The molecule has 0 unspecified atom stereocenters. The maximum absolute atomic E-state index is 11.7. The van der Waals surface area contributed by atoms with E-state index in [4.69, 9.17) is 11.0 Å². The summed E-state index contributed by atoms with van der Waals surface area (Å²) >= 11 is 0. The third-order valence-corrected chi connectivity index (χ3v) is 2.64. The van der Waals surface area contributed by atoms with E-state index in [-0.39, 0.29) is 11.8 Å². The molecule has 0 rings (SSSR count). The molecule has 4 heteroatoms. The lowest BCUT2D eigenvalue weighted by molar-refractivity contribution is -0.122. The molecule has 0 aliphatic rings. The van der Waals surface area contributed by atoms with E-state index in [0.29, 0.717) is 25.4 Å². The summed E-state index contributed by atoms with van der Waals surface area (Å²) in [4.78, 5) is 11.7. The number of rotatable bonds is 7. The molecule has 0 aromatic rings. The Balaban J connectivity index is 4.04. The molecule has 0 saturated heterocycles. The third-order valence-electron chi connectivity index (χ3n) is 2.64. The van der Waals surface area contributed by atoms with Crippen LogP contribution in [0.15, 0.2) is 0 Å². The van der Waals surface area contributed by atoms with Crippen LogP contribution < -0.4 is 11.1 Å². The molecule has 0 saturated carbocycles. The van der Waals surface area contributed by atoms with Crippen molar-refractivity contribution in [1.82, 2.24) is 5.32 Å². The molecule has 4 nitrogen and oxygen atoms in total. The van der Waals surface area contributed by atoms with Gasteiger partial charge in [0.15, 0.2) is 0 Å². The van der Waals surface area contributed by atoms with Crippen LogP contribution in [0.3, 0.4) is 0 Å². The number of carbonyl (C=O) groups excluding carboxylic acids is 1.